The van der Waals surface area contributed by atoms with Gasteiger partial charge in [-0.15, -0.1) is 5.10 Å². The van der Waals surface area contributed by atoms with Crippen LogP contribution in [0.1, 0.15) is 25.5 Å². The highest BCUT2D eigenvalue weighted by Crippen LogP contribution is 2.21. The molecule has 2 aromatic rings. The zero-order valence-electron chi connectivity index (χ0n) is 16.6. The van der Waals surface area contributed by atoms with Crippen LogP contribution in [0.2, 0.25) is 0 Å². The number of carbonyl (C=O) groups excluding carboxylic acids is 1. The normalized spacial score (nSPS) is 14.6. The third-order valence-corrected chi connectivity index (χ3v) is 4.78. The first-order valence-electron chi connectivity index (χ1n) is 9.84. The van der Waals surface area contributed by atoms with Crippen LogP contribution >= 0.6 is 0 Å². The van der Waals surface area contributed by atoms with Crippen LogP contribution in [0.25, 0.3) is 0 Å². The third kappa shape index (κ3) is 5.58. The largest absolute Gasteiger partial charge is 0.494 e. The van der Waals surface area contributed by atoms with E-state index >= 15 is 0 Å². The van der Waals surface area contributed by atoms with E-state index < -0.39 is 0 Å². The number of nitrogens with zero attached hydrogens (tertiary/aromatic N) is 3. The van der Waals surface area contributed by atoms with Crippen LogP contribution in [-0.2, 0) is 4.79 Å². The molecule has 0 atom stereocenters. The maximum Gasteiger partial charge on any atom is 0.223 e. The van der Waals surface area contributed by atoms with Crippen LogP contribution in [0.5, 0.6) is 11.5 Å². The minimum atomic E-state index is 0.0418. The summed E-state index contributed by atoms with van der Waals surface area (Å²) < 4.78 is 11.1. The summed E-state index contributed by atoms with van der Waals surface area (Å²) in [5.74, 6) is 2.62. The summed E-state index contributed by atoms with van der Waals surface area (Å²) >= 11 is 0. The van der Waals surface area contributed by atoms with Gasteiger partial charge in [-0.25, -0.2) is 0 Å². The Labute approximate surface area is 166 Å². The van der Waals surface area contributed by atoms with E-state index in [9.17, 15) is 4.79 Å². The van der Waals surface area contributed by atoms with Crippen molar-refractivity contribution in [1.82, 2.24) is 15.5 Å². The van der Waals surface area contributed by atoms with Gasteiger partial charge in [0.25, 0.3) is 0 Å². The molecular weight excluding hydrogens is 356 g/mol. The molecule has 0 bridgehead atoms. The van der Waals surface area contributed by atoms with E-state index in [4.69, 9.17) is 9.47 Å². The minimum Gasteiger partial charge on any atom is -0.494 e. The number of anilines is 1. The van der Waals surface area contributed by atoms with Gasteiger partial charge in [0.05, 0.1) is 18.8 Å². The second-order valence-corrected chi connectivity index (χ2v) is 6.84. The maximum atomic E-state index is 12.4. The van der Waals surface area contributed by atoms with Gasteiger partial charge in [-0.2, -0.15) is 5.10 Å². The van der Waals surface area contributed by atoms with E-state index in [1.54, 1.807) is 0 Å². The Hall–Kier alpha value is -2.83. The molecule has 0 unspecified atom stereocenters. The first-order chi connectivity index (χ1) is 13.7. The SMILES string of the molecule is CCOc1ccc(OCCNC(=O)C2CCN(c3ccc(C)nn3)CC2)cc1. The lowest BCUT2D eigenvalue weighted by Crippen LogP contribution is -2.41. The molecule has 0 radical (unpaired) electrons. The zero-order chi connectivity index (χ0) is 19.8. The van der Waals surface area contributed by atoms with Crippen molar-refractivity contribution in [1.29, 1.82) is 0 Å². The second-order valence-electron chi connectivity index (χ2n) is 6.84. The number of benzene rings is 1. The molecule has 1 amide bonds. The molecular formula is C21H28N4O3. The Balaban J connectivity index is 1.35. The molecule has 1 aliphatic heterocycles. The molecule has 150 valence electrons. The molecule has 1 aromatic carbocycles. The second kappa shape index (κ2) is 9.92. The zero-order valence-corrected chi connectivity index (χ0v) is 16.6. The lowest BCUT2D eigenvalue weighted by Gasteiger charge is -2.31. The van der Waals surface area contributed by atoms with E-state index in [0.29, 0.717) is 19.8 Å². The minimum absolute atomic E-state index is 0.0418. The molecule has 0 spiro atoms. The number of piperidine rings is 1. The quantitative estimate of drug-likeness (QED) is 0.705. The third-order valence-electron chi connectivity index (χ3n) is 4.78. The molecule has 0 saturated carbocycles. The molecule has 1 saturated heterocycles. The van der Waals surface area contributed by atoms with Crippen molar-refractivity contribution in [2.24, 2.45) is 5.92 Å². The predicted octanol–water partition coefficient (Wildman–Crippen LogP) is 2.60. The number of ether oxygens (including phenoxy) is 2. The summed E-state index contributed by atoms with van der Waals surface area (Å²) in [5.41, 5.74) is 0.908. The van der Waals surface area contributed by atoms with Gasteiger partial charge >= 0.3 is 0 Å². The standard InChI is InChI=1S/C21H28N4O3/c1-3-27-18-5-7-19(8-6-18)28-15-12-22-21(26)17-10-13-25(14-11-17)20-9-4-16(2)23-24-20/h4-9,17H,3,10-15H2,1-2H3,(H,22,26). The molecule has 0 aliphatic carbocycles. The van der Waals surface area contributed by atoms with Crippen molar-refractivity contribution >= 4 is 11.7 Å². The Morgan fingerprint density at radius 2 is 1.75 bits per heavy atom. The number of aromatic nitrogens is 2. The average Bonchev–Trinajstić information content (AvgIpc) is 2.73. The fourth-order valence-electron chi connectivity index (χ4n) is 3.22. The van der Waals surface area contributed by atoms with Gasteiger partial charge in [0, 0.05) is 19.0 Å². The molecule has 2 heterocycles. The summed E-state index contributed by atoms with van der Waals surface area (Å²) in [6, 6.07) is 11.5. The Kier molecular flexibility index (Phi) is 7.06. The molecule has 28 heavy (non-hydrogen) atoms. The van der Waals surface area contributed by atoms with Gasteiger partial charge < -0.3 is 19.7 Å². The number of hydrogen-bond donors (Lipinski definition) is 1. The summed E-state index contributed by atoms with van der Waals surface area (Å²) in [6.45, 7) is 7.09. The highest BCUT2D eigenvalue weighted by Gasteiger charge is 2.25. The maximum absolute atomic E-state index is 12.4. The smallest absolute Gasteiger partial charge is 0.223 e. The molecule has 1 aromatic heterocycles. The van der Waals surface area contributed by atoms with Crippen molar-refractivity contribution < 1.29 is 14.3 Å². The molecule has 1 fully saturated rings. The van der Waals surface area contributed by atoms with Gasteiger partial charge in [-0.1, -0.05) is 0 Å². The Bertz CT molecular complexity index is 741. The Morgan fingerprint density at radius 3 is 2.36 bits per heavy atom. The van der Waals surface area contributed by atoms with E-state index in [1.165, 1.54) is 0 Å². The Morgan fingerprint density at radius 1 is 1.07 bits per heavy atom. The lowest BCUT2D eigenvalue weighted by molar-refractivity contribution is -0.125. The van der Waals surface area contributed by atoms with Crippen LogP contribution < -0.4 is 19.7 Å². The lowest BCUT2D eigenvalue weighted by atomic mass is 9.96. The van der Waals surface area contributed by atoms with Crippen LogP contribution in [0.4, 0.5) is 5.82 Å². The van der Waals surface area contributed by atoms with Gasteiger partial charge in [-0.3, -0.25) is 4.79 Å². The number of hydrogen-bond acceptors (Lipinski definition) is 6. The fraction of sp³-hybridized carbons (Fsp3) is 0.476. The van der Waals surface area contributed by atoms with Crippen molar-refractivity contribution in [2.75, 3.05) is 37.7 Å². The van der Waals surface area contributed by atoms with Crippen molar-refractivity contribution in [3.05, 3.63) is 42.1 Å². The van der Waals surface area contributed by atoms with E-state index in [-0.39, 0.29) is 11.8 Å². The summed E-state index contributed by atoms with van der Waals surface area (Å²) in [6.07, 6.45) is 1.64. The van der Waals surface area contributed by atoms with E-state index in [0.717, 1.165) is 48.9 Å². The summed E-state index contributed by atoms with van der Waals surface area (Å²) in [4.78, 5) is 14.6. The summed E-state index contributed by atoms with van der Waals surface area (Å²) in [7, 11) is 0. The molecule has 1 N–H and O–H groups in total. The number of amides is 1. The van der Waals surface area contributed by atoms with Crippen molar-refractivity contribution in [3.8, 4) is 11.5 Å². The van der Waals surface area contributed by atoms with Gasteiger partial charge in [0.15, 0.2) is 5.82 Å². The fourth-order valence-corrected chi connectivity index (χ4v) is 3.22. The van der Waals surface area contributed by atoms with Crippen LogP contribution in [0.3, 0.4) is 0 Å². The van der Waals surface area contributed by atoms with E-state index in [2.05, 4.69) is 20.4 Å². The van der Waals surface area contributed by atoms with Crippen molar-refractivity contribution in [2.45, 2.75) is 26.7 Å². The first kappa shape index (κ1) is 19.9. The number of aryl methyl sites for hydroxylation is 1. The average molecular weight is 384 g/mol. The highest BCUT2D eigenvalue weighted by molar-refractivity contribution is 5.78. The summed E-state index contributed by atoms with van der Waals surface area (Å²) in [5, 5.41) is 11.3. The molecule has 3 rings (SSSR count). The predicted molar refractivity (Wildman–Crippen MR) is 108 cm³/mol. The van der Waals surface area contributed by atoms with Crippen LogP contribution in [0.15, 0.2) is 36.4 Å². The topological polar surface area (TPSA) is 76.6 Å². The van der Waals surface area contributed by atoms with Crippen LogP contribution in [0, 0.1) is 12.8 Å². The number of rotatable bonds is 8. The molecule has 1 aliphatic rings. The molecule has 7 heteroatoms. The van der Waals surface area contributed by atoms with Crippen LogP contribution in [-0.4, -0.2) is 49.0 Å². The van der Waals surface area contributed by atoms with Gasteiger partial charge in [0.2, 0.25) is 5.91 Å². The first-order valence-corrected chi connectivity index (χ1v) is 9.84. The number of nitrogens with one attached hydrogen (secondary N) is 1. The van der Waals surface area contributed by atoms with Gasteiger partial charge in [0.1, 0.15) is 18.1 Å². The number of carbonyl (C=O) groups is 1. The van der Waals surface area contributed by atoms with Crippen molar-refractivity contribution in [3.63, 3.8) is 0 Å². The van der Waals surface area contributed by atoms with E-state index in [1.807, 2.05) is 50.2 Å². The van der Waals surface area contributed by atoms with Gasteiger partial charge in [-0.05, 0) is 63.1 Å². The molecule has 7 nitrogen and oxygen atoms in total. The monoisotopic (exact) mass is 384 g/mol. The highest BCUT2D eigenvalue weighted by atomic mass is 16.5.